The summed E-state index contributed by atoms with van der Waals surface area (Å²) in [6, 6.07) is 40.1. The van der Waals surface area contributed by atoms with Gasteiger partial charge in [0.25, 0.3) is 0 Å². The van der Waals surface area contributed by atoms with Crippen molar-refractivity contribution in [3.63, 3.8) is 0 Å². The number of hydrogen-bond donors (Lipinski definition) is 0. The normalized spacial score (nSPS) is 11.1. The maximum atomic E-state index is 4.01. The second kappa shape index (κ2) is 9.65. The molecule has 0 N–H and O–H groups in total. The van der Waals surface area contributed by atoms with E-state index in [1.54, 1.807) is 0 Å². The average Bonchev–Trinajstić information content (AvgIpc) is 3.00. The molecule has 182 valence electrons. The van der Waals surface area contributed by atoms with Crippen molar-refractivity contribution in [2.75, 3.05) is 0 Å². The summed E-state index contributed by atoms with van der Waals surface area (Å²) < 4.78 is 0. The van der Waals surface area contributed by atoms with E-state index < -0.39 is 0 Å². The largest absolute Gasteiger partial charge is 0.0984 e. The predicted octanol–water partition coefficient (Wildman–Crippen LogP) is 11.4. The fraction of sp³-hybridized carbons (Fsp3) is 0.0526. The van der Waals surface area contributed by atoms with E-state index in [1.807, 2.05) is 26.0 Å². The lowest BCUT2D eigenvalue weighted by Crippen LogP contribution is -1.90. The molecule has 0 heteroatoms. The molecule has 38 heavy (non-hydrogen) atoms. The highest BCUT2D eigenvalue weighted by Crippen LogP contribution is 2.42. The molecule has 0 fully saturated rings. The van der Waals surface area contributed by atoms with Crippen molar-refractivity contribution in [1.82, 2.24) is 0 Å². The first kappa shape index (κ1) is 23.7. The van der Waals surface area contributed by atoms with Crippen LogP contribution in [0.25, 0.3) is 77.5 Å². The van der Waals surface area contributed by atoms with Gasteiger partial charge in [0.15, 0.2) is 0 Å². The summed E-state index contributed by atoms with van der Waals surface area (Å²) >= 11 is 0. The van der Waals surface area contributed by atoms with Crippen LogP contribution in [0.15, 0.2) is 122 Å². The Bertz CT molecular complexity index is 1970. The molecular formula is C38H30. The lowest BCUT2D eigenvalue weighted by molar-refractivity contribution is 1.50. The van der Waals surface area contributed by atoms with Crippen molar-refractivity contribution < 1.29 is 0 Å². The van der Waals surface area contributed by atoms with Gasteiger partial charge in [-0.25, -0.2) is 0 Å². The summed E-state index contributed by atoms with van der Waals surface area (Å²) in [7, 11) is 0. The maximum Gasteiger partial charge on any atom is -0.00203 e. The second-order valence-electron chi connectivity index (χ2n) is 9.46. The van der Waals surface area contributed by atoms with Gasteiger partial charge < -0.3 is 0 Å². The van der Waals surface area contributed by atoms with Crippen LogP contribution in [-0.2, 0) is 0 Å². The maximum absolute atomic E-state index is 4.01. The molecule has 0 saturated heterocycles. The molecule has 0 unspecified atom stereocenters. The zero-order valence-corrected chi connectivity index (χ0v) is 22.0. The summed E-state index contributed by atoms with van der Waals surface area (Å²) in [5.41, 5.74) is 7.17. The molecular weight excluding hydrogens is 456 g/mol. The van der Waals surface area contributed by atoms with Crippen LogP contribution in [0.2, 0.25) is 0 Å². The van der Waals surface area contributed by atoms with Gasteiger partial charge in [-0.1, -0.05) is 136 Å². The minimum atomic E-state index is 1.10. The first-order chi connectivity index (χ1) is 18.7. The Morgan fingerprint density at radius 1 is 0.447 bits per heavy atom. The van der Waals surface area contributed by atoms with E-state index in [2.05, 4.69) is 122 Å². The molecule has 7 rings (SSSR count). The van der Waals surface area contributed by atoms with E-state index in [9.17, 15) is 0 Å². The molecule has 0 heterocycles. The Kier molecular flexibility index (Phi) is 6.02. The second-order valence-corrected chi connectivity index (χ2v) is 9.46. The number of hydrogen-bond acceptors (Lipinski definition) is 0. The molecule has 0 amide bonds. The standard InChI is InChI=1S/C36H24.C2H6/c1-3-23-9-11-29(21-24(23)4-2)31-17-13-26-16-20-34-32(18-14-27-15-19-33(31)35(26)36(27)34)30-12-10-25-7-5-6-8-28(25)22-30;1-2/h3-22H,1-2H2;1-2H3. The van der Waals surface area contributed by atoms with Crippen LogP contribution in [0, 0.1) is 0 Å². The monoisotopic (exact) mass is 486 g/mol. The highest BCUT2D eigenvalue weighted by molar-refractivity contribution is 6.27. The van der Waals surface area contributed by atoms with E-state index >= 15 is 0 Å². The number of rotatable bonds is 4. The Morgan fingerprint density at radius 3 is 1.55 bits per heavy atom. The van der Waals surface area contributed by atoms with Crippen LogP contribution in [0.3, 0.4) is 0 Å². The van der Waals surface area contributed by atoms with Gasteiger partial charge in [0.1, 0.15) is 0 Å². The third kappa shape index (κ3) is 3.69. The fourth-order valence-corrected chi connectivity index (χ4v) is 5.77. The third-order valence-corrected chi connectivity index (χ3v) is 7.56. The van der Waals surface area contributed by atoms with E-state index in [0.717, 1.165) is 11.1 Å². The van der Waals surface area contributed by atoms with Crippen LogP contribution in [0.5, 0.6) is 0 Å². The van der Waals surface area contributed by atoms with Gasteiger partial charge in [0, 0.05) is 0 Å². The van der Waals surface area contributed by atoms with Gasteiger partial charge in [0.2, 0.25) is 0 Å². The third-order valence-electron chi connectivity index (χ3n) is 7.56. The van der Waals surface area contributed by atoms with Crippen molar-refractivity contribution in [3.05, 3.63) is 133 Å². The van der Waals surface area contributed by atoms with Crippen LogP contribution in [0.4, 0.5) is 0 Å². The Hall–Kier alpha value is -4.68. The SMILES string of the molecule is C=Cc1ccc(-c2ccc3ccc4c(-c5ccc6ccccc6c5)ccc5ccc2c3c54)cc1C=C.CC. The smallest absolute Gasteiger partial charge is 0.00203 e. The van der Waals surface area contributed by atoms with E-state index in [1.165, 1.54) is 65.3 Å². The molecule has 7 aromatic rings. The van der Waals surface area contributed by atoms with E-state index in [4.69, 9.17) is 0 Å². The fourth-order valence-electron chi connectivity index (χ4n) is 5.77. The Labute approximate surface area is 224 Å². The van der Waals surface area contributed by atoms with Gasteiger partial charge >= 0.3 is 0 Å². The molecule has 0 bridgehead atoms. The molecule has 0 radical (unpaired) electrons. The molecule has 0 aliphatic carbocycles. The van der Waals surface area contributed by atoms with Crippen LogP contribution in [-0.4, -0.2) is 0 Å². The Balaban J connectivity index is 0.00000129. The van der Waals surface area contributed by atoms with Gasteiger partial charge in [0.05, 0.1) is 0 Å². The summed E-state index contributed by atoms with van der Waals surface area (Å²) in [6.45, 7) is 12.0. The molecule has 0 aliphatic rings. The van der Waals surface area contributed by atoms with Gasteiger partial charge in [-0.15, -0.1) is 0 Å². The topological polar surface area (TPSA) is 0 Å². The first-order valence-corrected chi connectivity index (χ1v) is 13.3. The zero-order chi connectivity index (χ0) is 26.2. The summed E-state index contributed by atoms with van der Waals surface area (Å²) in [5, 5.41) is 10.3. The van der Waals surface area contributed by atoms with Crippen molar-refractivity contribution in [3.8, 4) is 22.3 Å². The van der Waals surface area contributed by atoms with Gasteiger partial charge in [-0.05, 0) is 88.6 Å². The van der Waals surface area contributed by atoms with Crippen molar-refractivity contribution in [1.29, 1.82) is 0 Å². The van der Waals surface area contributed by atoms with Crippen molar-refractivity contribution >= 4 is 55.2 Å². The van der Waals surface area contributed by atoms with Crippen molar-refractivity contribution in [2.45, 2.75) is 13.8 Å². The average molecular weight is 487 g/mol. The quantitative estimate of drug-likeness (QED) is 0.217. The molecule has 0 saturated carbocycles. The van der Waals surface area contributed by atoms with Crippen LogP contribution >= 0.6 is 0 Å². The van der Waals surface area contributed by atoms with E-state index in [-0.39, 0.29) is 0 Å². The number of benzene rings is 7. The minimum Gasteiger partial charge on any atom is -0.0984 e. The summed E-state index contributed by atoms with van der Waals surface area (Å²) in [4.78, 5) is 0. The van der Waals surface area contributed by atoms with Crippen LogP contribution < -0.4 is 0 Å². The highest BCUT2D eigenvalue weighted by Gasteiger charge is 2.15. The molecule has 7 aromatic carbocycles. The molecule has 0 atom stereocenters. The summed E-state index contributed by atoms with van der Waals surface area (Å²) in [6.07, 6.45) is 3.80. The zero-order valence-electron chi connectivity index (χ0n) is 22.0. The molecule has 0 nitrogen and oxygen atoms in total. The van der Waals surface area contributed by atoms with Crippen molar-refractivity contribution in [2.24, 2.45) is 0 Å². The lowest BCUT2D eigenvalue weighted by atomic mass is 9.86. The van der Waals surface area contributed by atoms with E-state index in [0.29, 0.717) is 0 Å². The number of fused-ring (bicyclic) bond motifs is 1. The highest BCUT2D eigenvalue weighted by atomic mass is 14.2. The predicted molar refractivity (Wildman–Crippen MR) is 170 cm³/mol. The minimum absolute atomic E-state index is 1.10. The van der Waals surface area contributed by atoms with Crippen LogP contribution in [0.1, 0.15) is 25.0 Å². The van der Waals surface area contributed by atoms with Gasteiger partial charge in [-0.3, -0.25) is 0 Å². The molecule has 0 aromatic heterocycles. The molecule has 0 aliphatic heterocycles. The Morgan fingerprint density at radius 2 is 0.947 bits per heavy atom. The van der Waals surface area contributed by atoms with Gasteiger partial charge in [-0.2, -0.15) is 0 Å². The summed E-state index contributed by atoms with van der Waals surface area (Å²) in [5.74, 6) is 0. The lowest BCUT2D eigenvalue weighted by Gasteiger charge is -2.17. The molecule has 0 spiro atoms. The first-order valence-electron chi connectivity index (χ1n) is 13.3.